The molecule has 1 N–H and O–H groups in total. The van der Waals surface area contributed by atoms with E-state index in [-0.39, 0.29) is 5.78 Å². The molecule has 1 rings (SSSR count). The zero-order chi connectivity index (χ0) is 9.68. The second kappa shape index (κ2) is 4.40. The van der Waals surface area contributed by atoms with Gasteiger partial charge in [-0.3, -0.25) is 9.59 Å². The van der Waals surface area contributed by atoms with Crippen molar-refractivity contribution in [3.05, 3.63) is 29.8 Å². The monoisotopic (exact) mass is 177 g/mol. The van der Waals surface area contributed by atoms with Crippen LogP contribution in [0, 0.1) is 0 Å². The molecule has 0 aromatic heterocycles. The van der Waals surface area contributed by atoms with E-state index >= 15 is 0 Å². The van der Waals surface area contributed by atoms with E-state index < -0.39 is 0 Å². The zero-order valence-electron chi connectivity index (χ0n) is 7.41. The lowest BCUT2D eigenvalue weighted by atomic mass is 10.1. The van der Waals surface area contributed by atoms with E-state index in [1.807, 2.05) is 12.1 Å². The van der Waals surface area contributed by atoms with E-state index in [1.165, 1.54) is 0 Å². The van der Waals surface area contributed by atoms with E-state index in [0.717, 1.165) is 11.3 Å². The van der Waals surface area contributed by atoms with Crippen LogP contribution < -0.4 is 5.32 Å². The lowest BCUT2D eigenvalue weighted by Gasteiger charge is -2.00. The van der Waals surface area contributed by atoms with Gasteiger partial charge in [0.2, 0.25) is 6.41 Å². The quantitative estimate of drug-likeness (QED) is 0.706. The van der Waals surface area contributed by atoms with Crippen molar-refractivity contribution in [2.75, 3.05) is 5.32 Å². The van der Waals surface area contributed by atoms with Gasteiger partial charge in [-0.2, -0.15) is 0 Å². The van der Waals surface area contributed by atoms with E-state index in [1.54, 1.807) is 19.1 Å². The van der Waals surface area contributed by atoms with Gasteiger partial charge in [0.05, 0.1) is 0 Å². The molecule has 0 saturated carbocycles. The normalized spacial score (nSPS) is 9.31. The molecular formula is C10H11NO2. The molecule has 13 heavy (non-hydrogen) atoms. The Bertz CT molecular complexity index is 303. The van der Waals surface area contributed by atoms with Crippen LogP contribution in [0.25, 0.3) is 0 Å². The van der Waals surface area contributed by atoms with Crippen LogP contribution in [0.4, 0.5) is 5.69 Å². The molecule has 68 valence electrons. The average molecular weight is 177 g/mol. The van der Waals surface area contributed by atoms with Crippen LogP contribution >= 0.6 is 0 Å². The number of carbonyl (C=O) groups excluding carboxylic acids is 2. The van der Waals surface area contributed by atoms with Gasteiger partial charge in [0, 0.05) is 12.1 Å². The summed E-state index contributed by atoms with van der Waals surface area (Å²) in [5.74, 6) is 0.135. The number of benzene rings is 1. The summed E-state index contributed by atoms with van der Waals surface area (Å²) in [6, 6.07) is 7.19. The number of amides is 1. The first-order valence-electron chi connectivity index (χ1n) is 4.01. The van der Waals surface area contributed by atoms with Gasteiger partial charge in [-0.15, -0.1) is 0 Å². The van der Waals surface area contributed by atoms with Crippen LogP contribution in [0.5, 0.6) is 0 Å². The molecule has 0 aliphatic rings. The second-order valence-corrected chi connectivity index (χ2v) is 2.84. The standard InChI is InChI=1S/C10H11NO2/c1-8(13)6-9-2-4-10(5-3-9)11-7-12/h2-5,7H,6H2,1H3,(H,11,12). The van der Waals surface area contributed by atoms with E-state index in [0.29, 0.717) is 12.8 Å². The molecule has 0 spiro atoms. The van der Waals surface area contributed by atoms with Crippen molar-refractivity contribution in [1.82, 2.24) is 0 Å². The third-order valence-corrected chi connectivity index (χ3v) is 1.63. The Morgan fingerprint density at radius 1 is 1.38 bits per heavy atom. The van der Waals surface area contributed by atoms with Gasteiger partial charge in [-0.1, -0.05) is 12.1 Å². The number of carbonyl (C=O) groups is 2. The number of hydrogen-bond acceptors (Lipinski definition) is 2. The molecule has 0 fully saturated rings. The molecule has 1 aromatic carbocycles. The van der Waals surface area contributed by atoms with Crippen molar-refractivity contribution in [3.63, 3.8) is 0 Å². The smallest absolute Gasteiger partial charge is 0.211 e. The lowest BCUT2D eigenvalue weighted by molar-refractivity contribution is -0.116. The molecule has 0 atom stereocenters. The Morgan fingerprint density at radius 3 is 2.46 bits per heavy atom. The van der Waals surface area contributed by atoms with E-state index in [4.69, 9.17) is 0 Å². The summed E-state index contributed by atoms with van der Waals surface area (Å²) in [4.78, 5) is 20.8. The SMILES string of the molecule is CC(=O)Cc1ccc(NC=O)cc1. The highest BCUT2D eigenvalue weighted by Crippen LogP contribution is 2.09. The predicted octanol–water partition coefficient (Wildman–Crippen LogP) is 1.39. The lowest BCUT2D eigenvalue weighted by Crippen LogP contribution is -1.97. The van der Waals surface area contributed by atoms with Gasteiger partial charge < -0.3 is 5.32 Å². The molecule has 3 nitrogen and oxygen atoms in total. The van der Waals surface area contributed by atoms with Crippen molar-refractivity contribution in [1.29, 1.82) is 0 Å². The molecule has 3 heteroatoms. The zero-order valence-corrected chi connectivity index (χ0v) is 7.41. The molecule has 1 amide bonds. The predicted molar refractivity (Wildman–Crippen MR) is 50.5 cm³/mol. The summed E-state index contributed by atoms with van der Waals surface area (Å²) in [5, 5.41) is 2.52. The molecule has 0 aliphatic heterocycles. The highest BCUT2D eigenvalue weighted by atomic mass is 16.1. The van der Waals surface area contributed by atoms with Crippen LogP contribution in [0.3, 0.4) is 0 Å². The molecular weight excluding hydrogens is 166 g/mol. The molecule has 1 aromatic rings. The first-order valence-corrected chi connectivity index (χ1v) is 4.01. The maximum atomic E-state index is 10.8. The number of Topliss-reactive ketones (excluding diaryl/α,β-unsaturated/α-hetero) is 1. The van der Waals surface area contributed by atoms with Crippen molar-refractivity contribution < 1.29 is 9.59 Å². The van der Waals surface area contributed by atoms with Crippen LogP contribution in [0.1, 0.15) is 12.5 Å². The average Bonchev–Trinajstić information content (AvgIpc) is 2.08. The fourth-order valence-electron chi connectivity index (χ4n) is 1.07. The summed E-state index contributed by atoms with van der Waals surface area (Å²) in [6.45, 7) is 1.55. The fraction of sp³-hybridized carbons (Fsp3) is 0.200. The molecule has 0 saturated heterocycles. The molecule has 0 bridgehead atoms. The van der Waals surface area contributed by atoms with Gasteiger partial charge >= 0.3 is 0 Å². The Labute approximate surface area is 76.8 Å². The minimum absolute atomic E-state index is 0.135. The minimum Gasteiger partial charge on any atom is -0.329 e. The minimum atomic E-state index is 0.135. The van der Waals surface area contributed by atoms with Gasteiger partial charge in [0.15, 0.2) is 0 Å². The largest absolute Gasteiger partial charge is 0.329 e. The summed E-state index contributed by atoms with van der Waals surface area (Å²) < 4.78 is 0. The topological polar surface area (TPSA) is 46.2 Å². The Balaban J connectivity index is 2.69. The van der Waals surface area contributed by atoms with Gasteiger partial charge in [-0.25, -0.2) is 0 Å². The summed E-state index contributed by atoms with van der Waals surface area (Å²) >= 11 is 0. The van der Waals surface area contributed by atoms with Gasteiger partial charge in [-0.05, 0) is 24.6 Å². The molecule has 0 radical (unpaired) electrons. The van der Waals surface area contributed by atoms with E-state index in [2.05, 4.69) is 5.32 Å². The van der Waals surface area contributed by atoms with Gasteiger partial charge in [0.25, 0.3) is 0 Å². The van der Waals surface area contributed by atoms with Crippen LogP contribution in [0.2, 0.25) is 0 Å². The van der Waals surface area contributed by atoms with Crippen LogP contribution in [0.15, 0.2) is 24.3 Å². The van der Waals surface area contributed by atoms with Crippen molar-refractivity contribution in [3.8, 4) is 0 Å². The van der Waals surface area contributed by atoms with Gasteiger partial charge in [0.1, 0.15) is 5.78 Å². The Kier molecular flexibility index (Phi) is 3.20. The Hall–Kier alpha value is -1.64. The summed E-state index contributed by atoms with van der Waals surface area (Å²) in [7, 11) is 0. The third-order valence-electron chi connectivity index (χ3n) is 1.63. The van der Waals surface area contributed by atoms with Crippen molar-refractivity contribution in [2.24, 2.45) is 0 Å². The third kappa shape index (κ3) is 3.07. The number of ketones is 1. The molecule has 0 aliphatic carbocycles. The maximum Gasteiger partial charge on any atom is 0.211 e. The fourth-order valence-corrected chi connectivity index (χ4v) is 1.07. The van der Waals surface area contributed by atoms with Crippen molar-refractivity contribution in [2.45, 2.75) is 13.3 Å². The highest BCUT2D eigenvalue weighted by molar-refractivity contribution is 5.78. The molecule has 0 heterocycles. The number of nitrogens with one attached hydrogen (secondary N) is 1. The van der Waals surface area contributed by atoms with Crippen LogP contribution in [-0.4, -0.2) is 12.2 Å². The first-order chi connectivity index (χ1) is 6.22. The summed E-state index contributed by atoms with van der Waals surface area (Å²) in [5.41, 5.74) is 1.70. The van der Waals surface area contributed by atoms with Crippen molar-refractivity contribution >= 4 is 17.9 Å². The number of anilines is 1. The molecule has 0 unspecified atom stereocenters. The van der Waals surface area contributed by atoms with Crippen LogP contribution in [-0.2, 0) is 16.0 Å². The van der Waals surface area contributed by atoms with E-state index in [9.17, 15) is 9.59 Å². The summed E-state index contributed by atoms with van der Waals surface area (Å²) in [6.07, 6.45) is 1.07. The number of rotatable bonds is 4. The first kappa shape index (κ1) is 9.45. The highest BCUT2D eigenvalue weighted by Gasteiger charge is 1.96. The Morgan fingerprint density at radius 2 is 2.00 bits per heavy atom. The number of hydrogen-bond donors (Lipinski definition) is 1. The second-order valence-electron chi connectivity index (χ2n) is 2.84. The maximum absolute atomic E-state index is 10.8.